The second-order valence-corrected chi connectivity index (χ2v) is 4.44. The average Bonchev–Trinajstić information content (AvgIpc) is 2.05. The Hall–Kier alpha value is -0.430. The maximum absolute atomic E-state index is 3.02. The van der Waals surface area contributed by atoms with Gasteiger partial charge in [0.15, 0.2) is 0 Å². The van der Waals surface area contributed by atoms with Crippen LogP contribution in [0.3, 0.4) is 0 Å². The molecule has 0 bridgehead atoms. The maximum atomic E-state index is 3.02. The summed E-state index contributed by atoms with van der Waals surface area (Å²) in [4.78, 5) is 1.36. The summed E-state index contributed by atoms with van der Waals surface area (Å²) in [6, 6.07) is 11.2. The van der Waals surface area contributed by atoms with Gasteiger partial charge in [0, 0.05) is 4.90 Å². The molecule has 0 nitrogen and oxygen atoms in total. The fourth-order valence-electron chi connectivity index (χ4n) is 0.880. The van der Waals surface area contributed by atoms with E-state index in [0.717, 1.165) is 5.92 Å². The van der Waals surface area contributed by atoms with Gasteiger partial charge in [-0.3, -0.25) is 0 Å². The number of benzene rings is 1. The summed E-state index contributed by atoms with van der Waals surface area (Å²) in [5.41, 5.74) is 0. The van der Waals surface area contributed by atoms with Crippen molar-refractivity contribution < 1.29 is 0 Å². The van der Waals surface area contributed by atoms with Crippen LogP contribution in [-0.4, -0.2) is 5.75 Å². The first-order chi connectivity index (χ1) is 5.79. The van der Waals surface area contributed by atoms with Crippen molar-refractivity contribution in [3.05, 3.63) is 30.3 Å². The van der Waals surface area contributed by atoms with Crippen LogP contribution in [0.25, 0.3) is 0 Å². The second kappa shape index (κ2) is 5.26. The minimum atomic E-state index is 0.813. The molecule has 1 rings (SSSR count). The molecular formula is C11H15S. The van der Waals surface area contributed by atoms with E-state index >= 15 is 0 Å². The summed E-state index contributed by atoms with van der Waals surface area (Å²) in [5.74, 6) is 2.04. The molecule has 1 aromatic rings. The zero-order valence-electron chi connectivity index (χ0n) is 7.71. The third kappa shape index (κ3) is 3.82. The van der Waals surface area contributed by atoms with Gasteiger partial charge in [-0.05, 0) is 36.3 Å². The quantitative estimate of drug-likeness (QED) is 0.636. The number of hydrogen-bond donors (Lipinski definition) is 0. The van der Waals surface area contributed by atoms with Crippen molar-refractivity contribution in [3.8, 4) is 0 Å². The molecule has 0 aliphatic heterocycles. The van der Waals surface area contributed by atoms with E-state index in [4.69, 9.17) is 0 Å². The van der Waals surface area contributed by atoms with Crippen molar-refractivity contribution in [1.29, 1.82) is 0 Å². The van der Waals surface area contributed by atoms with Gasteiger partial charge in [0.05, 0.1) is 0 Å². The van der Waals surface area contributed by atoms with Crippen LogP contribution in [0, 0.1) is 12.0 Å². The molecule has 1 radical (unpaired) electrons. The van der Waals surface area contributed by atoms with Crippen LogP contribution in [0.2, 0.25) is 0 Å². The molecule has 1 aromatic carbocycles. The molecule has 0 atom stereocenters. The Bertz CT molecular complexity index is 204. The highest BCUT2D eigenvalue weighted by molar-refractivity contribution is 7.99. The van der Waals surface area contributed by atoms with Crippen LogP contribution < -0.4 is 0 Å². The van der Waals surface area contributed by atoms with E-state index in [1.54, 1.807) is 0 Å². The molecule has 0 heterocycles. The highest BCUT2D eigenvalue weighted by Crippen LogP contribution is 2.19. The lowest BCUT2D eigenvalue weighted by atomic mass is 10.2. The van der Waals surface area contributed by atoms with Gasteiger partial charge in [0.25, 0.3) is 0 Å². The number of hydrogen-bond acceptors (Lipinski definition) is 1. The van der Waals surface area contributed by atoms with Gasteiger partial charge in [-0.1, -0.05) is 26.0 Å². The molecule has 0 saturated carbocycles. The molecular weight excluding hydrogens is 164 g/mol. The van der Waals surface area contributed by atoms with Crippen molar-refractivity contribution in [2.45, 2.75) is 25.2 Å². The smallest absolute Gasteiger partial charge is 0.00723 e. The summed E-state index contributed by atoms with van der Waals surface area (Å²) >= 11 is 1.93. The lowest BCUT2D eigenvalue weighted by Gasteiger charge is -2.03. The Balaban J connectivity index is 2.25. The van der Waals surface area contributed by atoms with E-state index in [1.165, 1.54) is 17.1 Å². The molecule has 0 spiro atoms. The fraction of sp³-hybridized carbons (Fsp3) is 0.455. The minimum Gasteiger partial charge on any atom is -0.126 e. The normalized spacial score (nSPS) is 10.6. The summed E-state index contributed by atoms with van der Waals surface area (Å²) in [6.45, 7) is 4.53. The van der Waals surface area contributed by atoms with E-state index in [9.17, 15) is 0 Å². The predicted octanol–water partition coefficient (Wildman–Crippen LogP) is 3.62. The highest BCUT2D eigenvalue weighted by atomic mass is 32.2. The van der Waals surface area contributed by atoms with Crippen molar-refractivity contribution in [2.24, 2.45) is 5.92 Å². The first-order valence-electron chi connectivity index (χ1n) is 4.38. The molecule has 0 aromatic heterocycles. The third-order valence-electron chi connectivity index (χ3n) is 1.65. The van der Waals surface area contributed by atoms with Gasteiger partial charge in [-0.15, -0.1) is 11.8 Å². The largest absolute Gasteiger partial charge is 0.126 e. The van der Waals surface area contributed by atoms with Crippen molar-refractivity contribution in [2.75, 3.05) is 5.75 Å². The predicted molar refractivity (Wildman–Crippen MR) is 55.5 cm³/mol. The summed E-state index contributed by atoms with van der Waals surface area (Å²) in [7, 11) is 0. The number of thioether (sulfide) groups is 1. The van der Waals surface area contributed by atoms with Gasteiger partial charge in [0.1, 0.15) is 0 Å². The molecule has 0 aliphatic rings. The lowest BCUT2D eigenvalue weighted by molar-refractivity contribution is 0.632. The topological polar surface area (TPSA) is 0 Å². The van der Waals surface area contributed by atoms with Crippen LogP contribution >= 0.6 is 11.8 Å². The van der Waals surface area contributed by atoms with Gasteiger partial charge in [-0.25, -0.2) is 0 Å². The van der Waals surface area contributed by atoms with Crippen molar-refractivity contribution in [1.82, 2.24) is 0 Å². The van der Waals surface area contributed by atoms with E-state index in [1.807, 2.05) is 23.9 Å². The van der Waals surface area contributed by atoms with Crippen LogP contribution in [0.5, 0.6) is 0 Å². The average molecular weight is 179 g/mol. The third-order valence-corrected chi connectivity index (χ3v) is 2.70. The second-order valence-electron chi connectivity index (χ2n) is 3.27. The zero-order valence-corrected chi connectivity index (χ0v) is 8.53. The Kier molecular flexibility index (Phi) is 4.23. The summed E-state index contributed by atoms with van der Waals surface area (Å²) in [5, 5.41) is 0. The standard InChI is InChI=1S/C11H15S/c1-10(2)8-9-12-11-6-4-3-5-7-11/h4-7,10H,8-9H2,1-2H3. The Morgan fingerprint density at radius 2 is 2.00 bits per heavy atom. The van der Waals surface area contributed by atoms with Gasteiger partial charge >= 0.3 is 0 Å². The lowest BCUT2D eigenvalue weighted by Crippen LogP contribution is -1.88. The van der Waals surface area contributed by atoms with E-state index in [0.29, 0.717) is 0 Å². The number of rotatable bonds is 4. The molecule has 0 aliphatic carbocycles. The zero-order chi connectivity index (χ0) is 8.81. The molecule has 0 N–H and O–H groups in total. The van der Waals surface area contributed by atoms with Crippen molar-refractivity contribution >= 4 is 11.8 Å². The Morgan fingerprint density at radius 3 is 2.58 bits per heavy atom. The molecule has 0 saturated heterocycles. The van der Waals surface area contributed by atoms with Crippen molar-refractivity contribution in [3.63, 3.8) is 0 Å². The van der Waals surface area contributed by atoms with Crippen LogP contribution in [-0.2, 0) is 0 Å². The SMILES string of the molecule is CC(C)CCSc1cc[c]cc1. The molecule has 65 valence electrons. The van der Waals surface area contributed by atoms with E-state index in [-0.39, 0.29) is 0 Å². The van der Waals surface area contributed by atoms with E-state index in [2.05, 4.69) is 32.0 Å². The van der Waals surface area contributed by atoms with Gasteiger partial charge < -0.3 is 0 Å². The molecule has 12 heavy (non-hydrogen) atoms. The monoisotopic (exact) mass is 179 g/mol. The first-order valence-corrected chi connectivity index (χ1v) is 5.36. The van der Waals surface area contributed by atoms with Crippen LogP contribution in [0.15, 0.2) is 29.2 Å². The fourth-order valence-corrected chi connectivity index (χ4v) is 2.03. The van der Waals surface area contributed by atoms with Crippen LogP contribution in [0.4, 0.5) is 0 Å². The van der Waals surface area contributed by atoms with Crippen LogP contribution in [0.1, 0.15) is 20.3 Å². The summed E-state index contributed by atoms with van der Waals surface area (Å²) in [6.07, 6.45) is 1.29. The Labute approximate surface area is 79.4 Å². The minimum absolute atomic E-state index is 0.813. The molecule has 0 amide bonds. The van der Waals surface area contributed by atoms with Gasteiger partial charge in [0.2, 0.25) is 0 Å². The molecule has 0 fully saturated rings. The Morgan fingerprint density at radius 1 is 1.33 bits per heavy atom. The van der Waals surface area contributed by atoms with E-state index < -0.39 is 0 Å². The highest BCUT2D eigenvalue weighted by Gasteiger charge is 1.95. The molecule has 0 unspecified atom stereocenters. The first kappa shape index (κ1) is 9.66. The maximum Gasteiger partial charge on any atom is 0.00723 e. The summed E-state index contributed by atoms with van der Waals surface area (Å²) < 4.78 is 0. The molecule has 1 heteroatoms. The van der Waals surface area contributed by atoms with Gasteiger partial charge in [-0.2, -0.15) is 0 Å².